The van der Waals surface area contributed by atoms with Gasteiger partial charge in [0.2, 0.25) is 11.8 Å². The minimum atomic E-state index is -4.63. The SMILES string of the molecule is COc1ccc(Oc2ccc(CNC(=O)C3(NC(=O)C4CC(O)C4)CC3)nc2)c(C(F)(F)F)c1. The predicted molar refractivity (Wildman–Crippen MR) is 113 cm³/mol. The molecule has 0 spiro atoms. The summed E-state index contributed by atoms with van der Waals surface area (Å²) in [6.07, 6.45) is -1.95. The van der Waals surface area contributed by atoms with E-state index < -0.39 is 23.4 Å². The Bertz CT molecular complexity index is 1060. The molecular weight excluding hydrogens is 455 g/mol. The molecule has 4 rings (SSSR count). The van der Waals surface area contributed by atoms with Crippen LogP contribution in [-0.4, -0.2) is 40.7 Å². The van der Waals surface area contributed by atoms with Gasteiger partial charge in [-0.3, -0.25) is 14.6 Å². The number of rotatable bonds is 8. The summed E-state index contributed by atoms with van der Waals surface area (Å²) in [4.78, 5) is 28.9. The Balaban J connectivity index is 1.33. The van der Waals surface area contributed by atoms with E-state index in [-0.39, 0.29) is 41.5 Å². The van der Waals surface area contributed by atoms with Gasteiger partial charge in [0.1, 0.15) is 28.4 Å². The Morgan fingerprint density at radius 3 is 2.44 bits per heavy atom. The lowest BCUT2D eigenvalue weighted by Gasteiger charge is -2.31. The summed E-state index contributed by atoms with van der Waals surface area (Å²) >= 11 is 0. The van der Waals surface area contributed by atoms with E-state index in [1.165, 1.54) is 37.6 Å². The number of carbonyl (C=O) groups is 2. The average molecular weight is 479 g/mol. The van der Waals surface area contributed by atoms with Crippen molar-refractivity contribution in [1.82, 2.24) is 15.6 Å². The summed E-state index contributed by atoms with van der Waals surface area (Å²) in [5.74, 6) is -1.05. The van der Waals surface area contributed by atoms with Crippen LogP contribution in [0.5, 0.6) is 17.2 Å². The van der Waals surface area contributed by atoms with E-state index in [1.807, 2.05) is 0 Å². The van der Waals surface area contributed by atoms with Crippen LogP contribution in [0.15, 0.2) is 36.5 Å². The van der Waals surface area contributed by atoms with Gasteiger partial charge in [0.05, 0.1) is 31.6 Å². The Hall–Kier alpha value is -3.34. The number of hydrogen-bond acceptors (Lipinski definition) is 6. The molecule has 0 unspecified atom stereocenters. The van der Waals surface area contributed by atoms with Crippen molar-refractivity contribution in [3.8, 4) is 17.2 Å². The van der Waals surface area contributed by atoms with E-state index in [4.69, 9.17) is 9.47 Å². The third kappa shape index (κ3) is 5.24. The molecule has 0 bridgehead atoms. The number of nitrogens with one attached hydrogen (secondary N) is 2. The molecule has 2 aliphatic carbocycles. The number of aromatic nitrogens is 1. The van der Waals surface area contributed by atoms with Crippen molar-refractivity contribution in [1.29, 1.82) is 0 Å². The number of methoxy groups -OCH3 is 1. The molecule has 0 radical (unpaired) electrons. The van der Waals surface area contributed by atoms with Crippen LogP contribution >= 0.6 is 0 Å². The van der Waals surface area contributed by atoms with Gasteiger partial charge in [-0.15, -0.1) is 0 Å². The van der Waals surface area contributed by atoms with Crippen LogP contribution in [0.25, 0.3) is 0 Å². The molecule has 34 heavy (non-hydrogen) atoms. The smallest absolute Gasteiger partial charge is 0.420 e. The van der Waals surface area contributed by atoms with Gasteiger partial charge in [-0.25, -0.2) is 0 Å². The van der Waals surface area contributed by atoms with Crippen molar-refractivity contribution in [2.24, 2.45) is 5.92 Å². The molecule has 2 aromatic rings. The molecule has 11 heteroatoms. The Kier molecular flexibility index (Phi) is 6.39. The highest BCUT2D eigenvalue weighted by atomic mass is 19.4. The molecule has 1 heterocycles. The first-order chi connectivity index (χ1) is 16.1. The number of pyridine rings is 1. The second-order valence-electron chi connectivity index (χ2n) is 8.52. The van der Waals surface area contributed by atoms with Gasteiger partial charge >= 0.3 is 6.18 Å². The maximum Gasteiger partial charge on any atom is 0.420 e. The molecule has 2 aliphatic rings. The van der Waals surface area contributed by atoms with Crippen molar-refractivity contribution in [2.45, 2.75) is 50.0 Å². The van der Waals surface area contributed by atoms with Crippen LogP contribution in [0.1, 0.15) is 36.9 Å². The number of benzene rings is 1. The first-order valence-corrected chi connectivity index (χ1v) is 10.8. The van der Waals surface area contributed by atoms with Crippen molar-refractivity contribution in [3.63, 3.8) is 0 Å². The van der Waals surface area contributed by atoms with Crippen molar-refractivity contribution in [3.05, 3.63) is 47.8 Å². The highest BCUT2D eigenvalue weighted by molar-refractivity contribution is 5.94. The fourth-order valence-corrected chi connectivity index (χ4v) is 3.66. The van der Waals surface area contributed by atoms with Crippen molar-refractivity contribution < 1.29 is 37.3 Å². The van der Waals surface area contributed by atoms with Crippen LogP contribution in [0.3, 0.4) is 0 Å². The Labute approximate surface area is 193 Å². The zero-order chi connectivity index (χ0) is 24.5. The lowest BCUT2D eigenvalue weighted by Crippen LogP contribution is -2.52. The minimum absolute atomic E-state index is 0.0544. The molecule has 0 aliphatic heterocycles. The third-order valence-electron chi connectivity index (χ3n) is 5.98. The molecule has 182 valence electrons. The highest BCUT2D eigenvalue weighted by Gasteiger charge is 2.52. The van der Waals surface area contributed by atoms with Gasteiger partial charge in [0.15, 0.2) is 0 Å². The number of carbonyl (C=O) groups excluding carboxylic acids is 2. The van der Waals surface area contributed by atoms with Gasteiger partial charge in [-0.05, 0) is 56.0 Å². The fourth-order valence-electron chi connectivity index (χ4n) is 3.66. The number of aliphatic hydroxyl groups is 1. The van der Waals surface area contributed by atoms with Crippen LogP contribution in [0.4, 0.5) is 13.2 Å². The molecule has 2 saturated carbocycles. The zero-order valence-corrected chi connectivity index (χ0v) is 18.3. The summed E-state index contributed by atoms with van der Waals surface area (Å²) in [7, 11) is 1.27. The average Bonchev–Trinajstić information content (AvgIpc) is 3.56. The topological polar surface area (TPSA) is 110 Å². The number of aliphatic hydroxyl groups excluding tert-OH is 1. The first kappa shape index (κ1) is 23.8. The molecule has 1 aromatic heterocycles. The molecule has 0 saturated heterocycles. The maximum atomic E-state index is 13.3. The third-order valence-corrected chi connectivity index (χ3v) is 5.98. The molecule has 3 N–H and O–H groups in total. The molecule has 1 aromatic carbocycles. The van der Waals surface area contributed by atoms with E-state index >= 15 is 0 Å². The quantitative estimate of drug-likeness (QED) is 0.537. The number of amides is 2. The monoisotopic (exact) mass is 479 g/mol. The normalized spacial score (nSPS) is 20.6. The zero-order valence-electron chi connectivity index (χ0n) is 18.3. The molecule has 2 amide bonds. The molecule has 8 nitrogen and oxygen atoms in total. The van der Waals surface area contributed by atoms with Crippen LogP contribution in [0, 0.1) is 5.92 Å². The summed E-state index contributed by atoms with van der Waals surface area (Å²) in [6.45, 7) is 0.0786. The fraction of sp³-hybridized carbons (Fsp3) is 0.435. The Morgan fingerprint density at radius 2 is 1.88 bits per heavy atom. The van der Waals surface area contributed by atoms with Crippen molar-refractivity contribution in [2.75, 3.05) is 7.11 Å². The lowest BCUT2D eigenvalue weighted by atomic mass is 9.81. The summed E-state index contributed by atoms with van der Waals surface area (Å²) in [6, 6.07) is 6.37. The molecular formula is C23H24F3N3O5. The predicted octanol–water partition coefficient (Wildman–Crippen LogP) is 2.94. The minimum Gasteiger partial charge on any atom is -0.497 e. The van der Waals surface area contributed by atoms with E-state index in [0.717, 1.165) is 6.07 Å². The standard InChI is InChI=1S/C23H24F3N3O5/c1-33-16-4-5-19(18(10-16)23(24,25)26)34-17-3-2-14(27-12-17)11-28-21(32)22(6-7-22)29-20(31)13-8-15(30)9-13/h2-5,10,12-13,15,30H,6-9,11H2,1H3,(H,28,32)(H,29,31). The van der Waals surface area contributed by atoms with Crippen molar-refractivity contribution >= 4 is 11.8 Å². The van der Waals surface area contributed by atoms with E-state index in [1.54, 1.807) is 0 Å². The van der Waals surface area contributed by atoms with Gasteiger partial charge in [-0.2, -0.15) is 13.2 Å². The lowest BCUT2D eigenvalue weighted by molar-refractivity contribution is -0.138. The number of hydrogen-bond donors (Lipinski definition) is 3. The summed E-state index contributed by atoms with van der Waals surface area (Å²) in [5, 5.41) is 14.9. The van der Waals surface area contributed by atoms with Crippen LogP contribution < -0.4 is 20.1 Å². The number of nitrogens with zero attached hydrogens (tertiary/aromatic N) is 1. The second kappa shape index (κ2) is 9.13. The van der Waals surface area contributed by atoms with Gasteiger partial charge in [-0.1, -0.05) is 0 Å². The largest absolute Gasteiger partial charge is 0.497 e. The summed E-state index contributed by atoms with van der Waals surface area (Å²) < 4.78 is 50.3. The van der Waals surface area contributed by atoms with Crippen LogP contribution in [0.2, 0.25) is 0 Å². The van der Waals surface area contributed by atoms with Gasteiger partial charge in [0.25, 0.3) is 0 Å². The van der Waals surface area contributed by atoms with E-state index in [0.29, 0.717) is 31.4 Å². The van der Waals surface area contributed by atoms with Gasteiger partial charge < -0.3 is 25.2 Å². The number of alkyl halides is 3. The highest BCUT2D eigenvalue weighted by Crippen LogP contribution is 2.40. The number of ether oxygens (including phenoxy) is 2. The van der Waals surface area contributed by atoms with E-state index in [9.17, 15) is 27.9 Å². The Morgan fingerprint density at radius 1 is 1.18 bits per heavy atom. The number of halogens is 3. The summed E-state index contributed by atoms with van der Waals surface area (Å²) in [5.41, 5.74) is -1.43. The second-order valence-corrected chi connectivity index (χ2v) is 8.52. The van der Waals surface area contributed by atoms with E-state index in [2.05, 4.69) is 15.6 Å². The van der Waals surface area contributed by atoms with Gasteiger partial charge in [0, 0.05) is 5.92 Å². The maximum absolute atomic E-state index is 13.3. The first-order valence-electron chi connectivity index (χ1n) is 10.8. The van der Waals surface area contributed by atoms with Crippen LogP contribution in [-0.2, 0) is 22.3 Å². The molecule has 0 atom stereocenters. The molecule has 2 fully saturated rings.